The number of amides is 1. The fourth-order valence-corrected chi connectivity index (χ4v) is 1.42. The van der Waals surface area contributed by atoms with Crippen molar-refractivity contribution in [3.63, 3.8) is 0 Å². The summed E-state index contributed by atoms with van der Waals surface area (Å²) in [5.41, 5.74) is -1.06. The van der Waals surface area contributed by atoms with Crippen LogP contribution in [0.15, 0.2) is 6.07 Å². The van der Waals surface area contributed by atoms with Crippen LogP contribution in [0.3, 0.4) is 0 Å². The van der Waals surface area contributed by atoms with Crippen molar-refractivity contribution in [2.24, 2.45) is 0 Å². The summed E-state index contributed by atoms with van der Waals surface area (Å²) < 4.78 is 38.3. The third kappa shape index (κ3) is 5.44. The summed E-state index contributed by atoms with van der Waals surface area (Å²) >= 11 is 0. The molecule has 0 aliphatic carbocycles. The standard InChI is InChI=1S/C12H18F3N5O/c1-7(2)17-10(21)6-16-11-18-8(12(13,14)15)5-9(19-11)20(3)4/h5,7H,6H2,1-4H3,(H,17,21)(H,16,18,19). The smallest absolute Gasteiger partial charge is 0.363 e. The Bertz CT molecular complexity index is 502. The quantitative estimate of drug-likeness (QED) is 0.862. The largest absolute Gasteiger partial charge is 0.433 e. The Morgan fingerprint density at radius 1 is 1.33 bits per heavy atom. The molecular formula is C12H18F3N5O. The third-order valence-corrected chi connectivity index (χ3v) is 2.32. The number of halogens is 3. The zero-order valence-corrected chi connectivity index (χ0v) is 12.2. The van der Waals surface area contributed by atoms with E-state index in [0.717, 1.165) is 6.07 Å². The summed E-state index contributed by atoms with van der Waals surface area (Å²) in [6, 6.07) is 0.790. The van der Waals surface area contributed by atoms with Gasteiger partial charge in [0, 0.05) is 26.2 Å². The molecule has 1 amide bonds. The fourth-order valence-electron chi connectivity index (χ4n) is 1.42. The topological polar surface area (TPSA) is 70.2 Å². The van der Waals surface area contributed by atoms with Gasteiger partial charge < -0.3 is 15.5 Å². The van der Waals surface area contributed by atoms with E-state index in [1.54, 1.807) is 27.9 Å². The molecular weight excluding hydrogens is 287 g/mol. The van der Waals surface area contributed by atoms with Crippen LogP contribution in [-0.2, 0) is 11.0 Å². The first-order valence-electron chi connectivity index (χ1n) is 6.26. The Kier molecular flexibility index (Phi) is 5.34. The van der Waals surface area contributed by atoms with Gasteiger partial charge in [-0.3, -0.25) is 4.79 Å². The molecule has 0 aromatic carbocycles. The number of aromatic nitrogens is 2. The van der Waals surface area contributed by atoms with Crippen LogP contribution >= 0.6 is 0 Å². The van der Waals surface area contributed by atoms with Crippen molar-refractivity contribution in [3.05, 3.63) is 11.8 Å². The molecule has 0 bridgehead atoms. The van der Waals surface area contributed by atoms with Gasteiger partial charge in [0.2, 0.25) is 11.9 Å². The van der Waals surface area contributed by atoms with Gasteiger partial charge in [-0.15, -0.1) is 0 Å². The molecule has 1 aromatic heterocycles. The van der Waals surface area contributed by atoms with E-state index < -0.39 is 11.9 Å². The van der Waals surface area contributed by atoms with Crippen molar-refractivity contribution in [1.29, 1.82) is 0 Å². The van der Waals surface area contributed by atoms with Crippen molar-refractivity contribution in [2.45, 2.75) is 26.1 Å². The summed E-state index contributed by atoms with van der Waals surface area (Å²) in [5, 5.41) is 5.10. The normalized spacial score (nSPS) is 11.4. The van der Waals surface area contributed by atoms with Crippen LogP contribution in [-0.4, -0.2) is 42.6 Å². The molecule has 2 N–H and O–H groups in total. The molecule has 0 unspecified atom stereocenters. The second-order valence-corrected chi connectivity index (χ2v) is 4.90. The van der Waals surface area contributed by atoms with Gasteiger partial charge >= 0.3 is 6.18 Å². The van der Waals surface area contributed by atoms with Gasteiger partial charge in [0.25, 0.3) is 0 Å². The number of alkyl halides is 3. The average molecular weight is 305 g/mol. The minimum absolute atomic E-state index is 0.0564. The molecule has 0 saturated carbocycles. The number of nitrogens with one attached hydrogen (secondary N) is 2. The molecule has 0 aliphatic rings. The van der Waals surface area contributed by atoms with E-state index in [4.69, 9.17) is 0 Å². The van der Waals surface area contributed by atoms with E-state index >= 15 is 0 Å². The molecule has 0 aliphatic heterocycles. The molecule has 0 fully saturated rings. The molecule has 0 radical (unpaired) electrons. The maximum Gasteiger partial charge on any atom is 0.433 e. The first kappa shape index (κ1) is 17.0. The van der Waals surface area contributed by atoms with Crippen molar-refractivity contribution >= 4 is 17.7 Å². The van der Waals surface area contributed by atoms with E-state index in [1.807, 2.05) is 0 Å². The van der Waals surface area contributed by atoms with Crippen LogP contribution in [0.2, 0.25) is 0 Å². The molecule has 1 rings (SSSR count). The molecule has 1 aromatic rings. The van der Waals surface area contributed by atoms with Crippen LogP contribution in [0.1, 0.15) is 19.5 Å². The zero-order valence-electron chi connectivity index (χ0n) is 12.2. The Morgan fingerprint density at radius 3 is 2.43 bits per heavy atom. The monoisotopic (exact) mass is 305 g/mol. The predicted octanol–water partition coefficient (Wildman–Crippen LogP) is 1.50. The molecule has 9 heteroatoms. The van der Waals surface area contributed by atoms with Crippen molar-refractivity contribution in [1.82, 2.24) is 15.3 Å². The summed E-state index contributed by atoms with van der Waals surface area (Å²) in [4.78, 5) is 20.2. The van der Waals surface area contributed by atoms with E-state index in [1.165, 1.54) is 4.90 Å². The average Bonchev–Trinajstić information content (AvgIpc) is 2.34. The van der Waals surface area contributed by atoms with Crippen LogP contribution in [0.5, 0.6) is 0 Å². The van der Waals surface area contributed by atoms with E-state index in [-0.39, 0.29) is 30.3 Å². The predicted molar refractivity (Wildman–Crippen MR) is 73.1 cm³/mol. The molecule has 0 atom stereocenters. The van der Waals surface area contributed by atoms with E-state index in [2.05, 4.69) is 20.6 Å². The van der Waals surface area contributed by atoms with Crippen LogP contribution in [0.4, 0.5) is 24.9 Å². The van der Waals surface area contributed by atoms with Gasteiger partial charge in [-0.2, -0.15) is 18.2 Å². The summed E-state index contributed by atoms with van der Waals surface area (Å²) in [7, 11) is 3.13. The first-order valence-corrected chi connectivity index (χ1v) is 6.26. The van der Waals surface area contributed by atoms with Crippen LogP contribution in [0.25, 0.3) is 0 Å². The second kappa shape index (κ2) is 6.59. The molecule has 0 spiro atoms. The Hall–Kier alpha value is -2.06. The number of hydrogen-bond donors (Lipinski definition) is 2. The molecule has 0 saturated heterocycles. The van der Waals surface area contributed by atoms with Gasteiger partial charge in [-0.05, 0) is 13.8 Å². The minimum atomic E-state index is -4.58. The second-order valence-electron chi connectivity index (χ2n) is 4.90. The highest BCUT2D eigenvalue weighted by molar-refractivity contribution is 5.80. The van der Waals surface area contributed by atoms with Crippen LogP contribution < -0.4 is 15.5 Å². The lowest BCUT2D eigenvalue weighted by Crippen LogP contribution is -2.35. The molecule has 1 heterocycles. The Labute approximate surface area is 120 Å². The van der Waals surface area contributed by atoms with Crippen molar-refractivity contribution < 1.29 is 18.0 Å². The Morgan fingerprint density at radius 2 is 1.95 bits per heavy atom. The first-order chi connectivity index (χ1) is 9.59. The maximum atomic E-state index is 12.8. The molecule has 21 heavy (non-hydrogen) atoms. The van der Waals surface area contributed by atoms with Crippen molar-refractivity contribution in [2.75, 3.05) is 30.9 Å². The highest BCUT2D eigenvalue weighted by atomic mass is 19.4. The van der Waals surface area contributed by atoms with Gasteiger partial charge in [0.05, 0.1) is 6.54 Å². The highest BCUT2D eigenvalue weighted by Gasteiger charge is 2.34. The lowest BCUT2D eigenvalue weighted by atomic mass is 10.3. The van der Waals surface area contributed by atoms with Crippen LogP contribution in [0, 0.1) is 0 Å². The van der Waals surface area contributed by atoms with Gasteiger partial charge in [-0.1, -0.05) is 0 Å². The SMILES string of the molecule is CC(C)NC(=O)CNc1nc(N(C)C)cc(C(F)(F)F)n1. The van der Waals surface area contributed by atoms with Gasteiger partial charge in [0.1, 0.15) is 5.82 Å². The lowest BCUT2D eigenvalue weighted by Gasteiger charge is -2.16. The summed E-state index contributed by atoms with van der Waals surface area (Å²) in [6.07, 6.45) is -4.58. The van der Waals surface area contributed by atoms with Gasteiger partial charge in [0.15, 0.2) is 5.69 Å². The lowest BCUT2D eigenvalue weighted by molar-refractivity contribution is -0.141. The Balaban J connectivity index is 2.91. The number of anilines is 2. The number of carbonyl (C=O) groups is 1. The number of carbonyl (C=O) groups excluding carboxylic acids is 1. The number of nitrogens with zero attached hydrogens (tertiary/aromatic N) is 3. The third-order valence-electron chi connectivity index (χ3n) is 2.32. The van der Waals surface area contributed by atoms with E-state index in [9.17, 15) is 18.0 Å². The molecule has 6 nitrogen and oxygen atoms in total. The summed E-state index contributed by atoms with van der Waals surface area (Å²) in [5.74, 6) is -0.492. The number of hydrogen-bond acceptors (Lipinski definition) is 5. The maximum absolute atomic E-state index is 12.8. The summed E-state index contributed by atoms with van der Waals surface area (Å²) in [6.45, 7) is 3.36. The fraction of sp³-hybridized carbons (Fsp3) is 0.583. The molecule has 118 valence electrons. The van der Waals surface area contributed by atoms with Gasteiger partial charge in [-0.25, -0.2) is 4.98 Å². The van der Waals surface area contributed by atoms with Crippen molar-refractivity contribution in [3.8, 4) is 0 Å². The van der Waals surface area contributed by atoms with E-state index in [0.29, 0.717) is 0 Å². The zero-order chi connectivity index (χ0) is 16.2. The number of rotatable bonds is 5. The highest BCUT2D eigenvalue weighted by Crippen LogP contribution is 2.30. The minimum Gasteiger partial charge on any atom is -0.363 e.